The van der Waals surface area contributed by atoms with Crippen LogP contribution in [-0.4, -0.2) is 41.2 Å². The fourth-order valence-electron chi connectivity index (χ4n) is 2.43. The zero-order valence-electron chi connectivity index (χ0n) is 14.8. The lowest BCUT2D eigenvalue weighted by molar-refractivity contribution is 0.0929. The van der Waals surface area contributed by atoms with Gasteiger partial charge in [0.25, 0.3) is 5.91 Å². The highest BCUT2D eigenvalue weighted by molar-refractivity contribution is 5.92. The first-order valence-corrected chi connectivity index (χ1v) is 7.84. The van der Waals surface area contributed by atoms with Crippen LogP contribution in [0.15, 0.2) is 22.6 Å². The van der Waals surface area contributed by atoms with E-state index in [0.29, 0.717) is 18.2 Å². The van der Waals surface area contributed by atoms with E-state index in [9.17, 15) is 4.79 Å². The molecular weight excluding hydrogens is 292 g/mol. The van der Waals surface area contributed by atoms with Gasteiger partial charge in [0.1, 0.15) is 17.2 Å². The lowest BCUT2D eigenvalue weighted by Crippen LogP contribution is -2.35. The molecule has 0 saturated heterocycles. The molecule has 0 aliphatic heterocycles. The number of amides is 1. The summed E-state index contributed by atoms with van der Waals surface area (Å²) in [5, 5.41) is 7.36. The van der Waals surface area contributed by atoms with Crippen molar-refractivity contribution in [1.82, 2.24) is 20.0 Å². The molecule has 0 saturated carbocycles. The first-order chi connectivity index (χ1) is 10.8. The monoisotopic (exact) mass is 318 g/mol. The van der Waals surface area contributed by atoms with E-state index in [0.717, 1.165) is 17.2 Å². The number of aromatic nitrogens is 2. The van der Waals surface area contributed by atoms with Gasteiger partial charge in [-0.2, -0.15) is 5.10 Å². The number of hydrogen-bond donors (Lipinski definition) is 1. The van der Waals surface area contributed by atoms with Crippen LogP contribution < -0.4 is 5.32 Å². The van der Waals surface area contributed by atoms with Gasteiger partial charge in [-0.25, -0.2) is 0 Å². The smallest absolute Gasteiger partial charge is 0.269 e. The van der Waals surface area contributed by atoms with Gasteiger partial charge in [-0.05, 0) is 45.1 Å². The maximum Gasteiger partial charge on any atom is 0.269 e. The Morgan fingerprint density at radius 3 is 2.57 bits per heavy atom. The maximum atomic E-state index is 12.4. The van der Waals surface area contributed by atoms with Gasteiger partial charge in [-0.3, -0.25) is 14.4 Å². The molecule has 0 aromatic carbocycles. The van der Waals surface area contributed by atoms with Crippen LogP contribution in [0.4, 0.5) is 0 Å². The number of carbonyl (C=O) groups is 1. The summed E-state index contributed by atoms with van der Waals surface area (Å²) in [6.07, 6.45) is 0. The van der Waals surface area contributed by atoms with Gasteiger partial charge in [-0.15, -0.1) is 0 Å². The molecule has 0 radical (unpaired) electrons. The number of rotatable bonds is 6. The largest absolute Gasteiger partial charge is 0.465 e. The Balaban J connectivity index is 2.07. The number of carbonyl (C=O) groups excluding carboxylic acids is 1. The highest BCUT2D eigenvalue weighted by atomic mass is 16.3. The third kappa shape index (κ3) is 4.01. The predicted molar refractivity (Wildman–Crippen MR) is 89.5 cm³/mol. The molecule has 1 atom stereocenters. The molecule has 2 aromatic rings. The van der Waals surface area contributed by atoms with Gasteiger partial charge in [0.2, 0.25) is 0 Å². The van der Waals surface area contributed by atoms with Gasteiger partial charge in [0, 0.05) is 13.6 Å². The van der Waals surface area contributed by atoms with Crippen LogP contribution in [-0.2, 0) is 7.05 Å². The molecule has 0 unspecified atom stereocenters. The molecule has 1 amide bonds. The molecule has 0 fully saturated rings. The van der Waals surface area contributed by atoms with Crippen LogP contribution in [0, 0.1) is 6.92 Å². The van der Waals surface area contributed by atoms with Crippen LogP contribution in [0.3, 0.4) is 0 Å². The second kappa shape index (κ2) is 7.00. The molecule has 6 nitrogen and oxygen atoms in total. The summed E-state index contributed by atoms with van der Waals surface area (Å²) in [5.74, 6) is 1.89. The third-order valence-electron chi connectivity index (χ3n) is 3.89. The summed E-state index contributed by atoms with van der Waals surface area (Å²) in [6, 6.07) is 5.73. The van der Waals surface area contributed by atoms with Crippen molar-refractivity contribution in [2.75, 3.05) is 20.6 Å². The zero-order valence-corrected chi connectivity index (χ0v) is 14.8. The number of nitrogens with zero attached hydrogens (tertiary/aromatic N) is 3. The number of hydrogen-bond acceptors (Lipinski definition) is 4. The number of aryl methyl sites for hydroxylation is 2. The van der Waals surface area contributed by atoms with E-state index >= 15 is 0 Å². The Morgan fingerprint density at radius 1 is 1.39 bits per heavy atom. The van der Waals surface area contributed by atoms with Crippen molar-refractivity contribution in [3.05, 3.63) is 41.1 Å². The Morgan fingerprint density at radius 2 is 2.09 bits per heavy atom. The van der Waals surface area contributed by atoms with Crippen LogP contribution in [0.2, 0.25) is 0 Å². The summed E-state index contributed by atoms with van der Waals surface area (Å²) in [5.41, 5.74) is 1.49. The van der Waals surface area contributed by atoms with Crippen LogP contribution in [0.1, 0.15) is 53.5 Å². The summed E-state index contributed by atoms with van der Waals surface area (Å²) in [6.45, 7) is 6.51. The molecule has 23 heavy (non-hydrogen) atoms. The van der Waals surface area contributed by atoms with Gasteiger partial charge in [0.05, 0.1) is 11.7 Å². The maximum absolute atomic E-state index is 12.4. The highest BCUT2D eigenvalue weighted by Gasteiger charge is 2.20. The molecule has 0 aliphatic carbocycles. The van der Waals surface area contributed by atoms with Crippen molar-refractivity contribution in [1.29, 1.82) is 0 Å². The molecule has 0 bridgehead atoms. The van der Waals surface area contributed by atoms with Crippen LogP contribution >= 0.6 is 0 Å². The predicted octanol–water partition coefficient (Wildman–Crippen LogP) is 2.48. The van der Waals surface area contributed by atoms with Crippen molar-refractivity contribution in [3.8, 4) is 0 Å². The summed E-state index contributed by atoms with van der Waals surface area (Å²) in [7, 11) is 5.73. The minimum absolute atomic E-state index is 0.00885. The van der Waals surface area contributed by atoms with E-state index in [1.165, 1.54) is 0 Å². The van der Waals surface area contributed by atoms with Crippen molar-refractivity contribution >= 4 is 5.91 Å². The average molecular weight is 318 g/mol. The Hall–Kier alpha value is -2.08. The second-order valence-corrected chi connectivity index (χ2v) is 6.37. The van der Waals surface area contributed by atoms with E-state index in [4.69, 9.17) is 4.42 Å². The molecule has 0 aliphatic rings. The molecule has 0 spiro atoms. The minimum atomic E-state index is -0.123. The van der Waals surface area contributed by atoms with E-state index in [-0.39, 0.29) is 11.9 Å². The van der Waals surface area contributed by atoms with Crippen molar-refractivity contribution in [3.63, 3.8) is 0 Å². The summed E-state index contributed by atoms with van der Waals surface area (Å²) < 4.78 is 7.33. The second-order valence-electron chi connectivity index (χ2n) is 6.37. The standard InChI is InChI=1S/C17H26N4O2/c1-11(2)13-9-14(21(6)19-13)17(22)18-10-15(20(4)5)16-8-7-12(3)23-16/h7-9,11,15H,10H2,1-6H3,(H,18,22)/t15-/m1/s1. The van der Waals surface area contributed by atoms with E-state index in [1.54, 1.807) is 11.7 Å². The lowest BCUT2D eigenvalue weighted by atomic mass is 10.1. The summed E-state index contributed by atoms with van der Waals surface area (Å²) in [4.78, 5) is 14.5. The Kier molecular flexibility index (Phi) is 5.26. The molecule has 2 heterocycles. The van der Waals surface area contributed by atoms with Crippen molar-refractivity contribution in [2.24, 2.45) is 7.05 Å². The first kappa shape index (κ1) is 17.3. The molecule has 1 N–H and O–H groups in total. The van der Waals surface area contributed by atoms with Crippen LogP contribution in [0.25, 0.3) is 0 Å². The Labute approximate surface area is 137 Å². The summed E-state index contributed by atoms with van der Waals surface area (Å²) >= 11 is 0. The topological polar surface area (TPSA) is 63.3 Å². The van der Waals surface area contributed by atoms with Crippen molar-refractivity contribution < 1.29 is 9.21 Å². The molecule has 6 heteroatoms. The van der Waals surface area contributed by atoms with Crippen molar-refractivity contribution in [2.45, 2.75) is 32.7 Å². The normalized spacial score (nSPS) is 12.9. The third-order valence-corrected chi connectivity index (χ3v) is 3.89. The van der Waals surface area contributed by atoms with E-state index in [2.05, 4.69) is 24.3 Å². The highest BCUT2D eigenvalue weighted by Crippen LogP contribution is 2.20. The van der Waals surface area contributed by atoms with E-state index in [1.807, 2.05) is 44.1 Å². The van der Waals surface area contributed by atoms with Crippen LogP contribution in [0.5, 0.6) is 0 Å². The minimum Gasteiger partial charge on any atom is -0.465 e. The molecule has 2 rings (SSSR count). The van der Waals surface area contributed by atoms with Gasteiger partial charge in [-0.1, -0.05) is 13.8 Å². The molecule has 2 aromatic heterocycles. The SMILES string of the molecule is Cc1ccc([C@@H](CNC(=O)c2cc(C(C)C)nn2C)N(C)C)o1. The lowest BCUT2D eigenvalue weighted by Gasteiger charge is -2.22. The first-order valence-electron chi connectivity index (χ1n) is 7.84. The number of likely N-dealkylation sites (N-methyl/N-ethyl adjacent to an activating group) is 1. The van der Waals surface area contributed by atoms with Gasteiger partial charge in [0.15, 0.2) is 0 Å². The van der Waals surface area contributed by atoms with E-state index < -0.39 is 0 Å². The fourth-order valence-corrected chi connectivity index (χ4v) is 2.43. The average Bonchev–Trinajstić information content (AvgIpc) is 3.05. The quantitative estimate of drug-likeness (QED) is 0.889. The molecular formula is C17H26N4O2. The number of furan rings is 1. The number of nitrogens with one attached hydrogen (secondary N) is 1. The van der Waals surface area contributed by atoms with Gasteiger partial charge >= 0.3 is 0 Å². The Bertz CT molecular complexity index is 670. The van der Waals surface area contributed by atoms with Gasteiger partial charge < -0.3 is 9.73 Å². The molecule has 126 valence electrons. The fraction of sp³-hybridized carbons (Fsp3) is 0.529. The zero-order chi connectivity index (χ0) is 17.1.